The van der Waals surface area contributed by atoms with Gasteiger partial charge in [-0.1, -0.05) is 23.8 Å². The Morgan fingerprint density at radius 3 is 2.58 bits per heavy atom. The molecule has 5 nitrogen and oxygen atoms in total. The zero-order valence-electron chi connectivity index (χ0n) is 13.3. The van der Waals surface area contributed by atoms with Gasteiger partial charge in [-0.15, -0.1) is 0 Å². The number of rotatable bonds is 6. The quantitative estimate of drug-likeness (QED) is 0.551. The zero-order chi connectivity index (χ0) is 17.2. The predicted octanol–water partition coefficient (Wildman–Crippen LogP) is 3.23. The summed E-state index contributed by atoms with van der Waals surface area (Å²) < 4.78 is 25.9. The summed E-state index contributed by atoms with van der Waals surface area (Å²) in [7, 11) is -3.63. The van der Waals surface area contributed by atoms with E-state index in [0.717, 1.165) is 11.8 Å². The number of sulfone groups is 1. The largest absolute Gasteiger partial charge is 0.342 e. The van der Waals surface area contributed by atoms with Crippen molar-refractivity contribution >= 4 is 27.2 Å². The van der Waals surface area contributed by atoms with E-state index in [1.54, 1.807) is 42.5 Å². The van der Waals surface area contributed by atoms with Crippen LogP contribution in [0.25, 0.3) is 11.0 Å². The molecule has 0 amide bonds. The topological polar surface area (TPSA) is 79.9 Å². The molecule has 0 saturated heterocycles. The molecule has 1 N–H and O–H groups in total. The number of benzene rings is 2. The number of carbonyl (C=O) groups excluding carboxylic acids is 1. The molecule has 0 aliphatic carbocycles. The van der Waals surface area contributed by atoms with E-state index in [-0.39, 0.29) is 9.79 Å². The standard InChI is InChI=1S/C18H18N2O3S/c1-13-8-10-14(11-9-13)24(22,23)16-6-4-5-15-18(16)20-17(19-15)7-2-3-12-21/h4-6,8-12H,2-3,7H2,1H3,(H,19,20). The lowest BCUT2D eigenvalue weighted by Crippen LogP contribution is -2.03. The minimum absolute atomic E-state index is 0.196. The number of para-hydroxylation sites is 1. The Kier molecular flexibility index (Phi) is 4.49. The van der Waals surface area contributed by atoms with Gasteiger partial charge in [0.25, 0.3) is 0 Å². The Balaban J connectivity index is 2.05. The maximum atomic E-state index is 12.9. The summed E-state index contributed by atoms with van der Waals surface area (Å²) >= 11 is 0. The third-order valence-corrected chi connectivity index (χ3v) is 5.68. The van der Waals surface area contributed by atoms with Crippen LogP contribution in [0, 0.1) is 6.92 Å². The van der Waals surface area contributed by atoms with Crippen molar-refractivity contribution in [3.05, 3.63) is 53.9 Å². The summed E-state index contributed by atoms with van der Waals surface area (Å²) in [5.41, 5.74) is 2.13. The average Bonchev–Trinajstić information content (AvgIpc) is 2.98. The summed E-state index contributed by atoms with van der Waals surface area (Å²) in [6.07, 6.45) is 2.63. The molecule has 0 spiro atoms. The van der Waals surface area contributed by atoms with Crippen LogP contribution in [0.1, 0.15) is 24.2 Å². The molecule has 0 aliphatic heterocycles. The van der Waals surface area contributed by atoms with E-state index in [2.05, 4.69) is 9.97 Å². The molecule has 24 heavy (non-hydrogen) atoms. The van der Waals surface area contributed by atoms with E-state index in [1.807, 2.05) is 6.92 Å². The molecule has 3 rings (SSSR count). The van der Waals surface area contributed by atoms with Gasteiger partial charge in [0.2, 0.25) is 9.84 Å². The molecular formula is C18H18N2O3S. The van der Waals surface area contributed by atoms with Crippen LogP contribution in [0.15, 0.2) is 52.3 Å². The van der Waals surface area contributed by atoms with Gasteiger partial charge in [0.1, 0.15) is 17.6 Å². The monoisotopic (exact) mass is 342 g/mol. The first-order chi connectivity index (χ1) is 11.5. The zero-order valence-corrected chi connectivity index (χ0v) is 14.1. The van der Waals surface area contributed by atoms with Crippen molar-refractivity contribution in [2.75, 3.05) is 0 Å². The van der Waals surface area contributed by atoms with Gasteiger partial charge in [-0.2, -0.15) is 0 Å². The molecule has 2 aromatic carbocycles. The van der Waals surface area contributed by atoms with Gasteiger partial charge >= 0.3 is 0 Å². The predicted molar refractivity (Wildman–Crippen MR) is 91.7 cm³/mol. The van der Waals surface area contributed by atoms with E-state index in [1.165, 1.54) is 0 Å². The second-order valence-electron chi connectivity index (χ2n) is 5.71. The second-order valence-corrected chi connectivity index (χ2v) is 7.63. The maximum Gasteiger partial charge on any atom is 0.208 e. The van der Waals surface area contributed by atoms with Gasteiger partial charge in [-0.05, 0) is 37.6 Å². The molecule has 6 heteroatoms. The van der Waals surface area contributed by atoms with Crippen molar-refractivity contribution in [2.45, 2.75) is 36.0 Å². The molecular weight excluding hydrogens is 324 g/mol. The molecule has 0 bridgehead atoms. The molecule has 0 radical (unpaired) electrons. The van der Waals surface area contributed by atoms with Crippen LogP contribution in [0.3, 0.4) is 0 Å². The fraction of sp³-hybridized carbons (Fsp3) is 0.222. The first-order valence-corrected chi connectivity index (χ1v) is 9.23. The number of nitrogens with zero attached hydrogens (tertiary/aromatic N) is 1. The molecule has 3 aromatic rings. The Hall–Kier alpha value is -2.47. The first-order valence-electron chi connectivity index (χ1n) is 7.75. The highest BCUT2D eigenvalue weighted by molar-refractivity contribution is 7.91. The van der Waals surface area contributed by atoms with Gasteiger partial charge in [0.05, 0.1) is 15.3 Å². The number of hydrogen-bond acceptors (Lipinski definition) is 4. The second kappa shape index (κ2) is 6.57. The van der Waals surface area contributed by atoms with Crippen LogP contribution in [0.5, 0.6) is 0 Å². The first kappa shape index (κ1) is 16.4. The Labute approximate surface area is 140 Å². The van der Waals surface area contributed by atoms with Crippen LogP contribution in [-0.2, 0) is 21.1 Å². The lowest BCUT2D eigenvalue weighted by Gasteiger charge is -2.05. The maximum absolute atomic E-state index is 12.9. The van der Waals surface area contributed by atoms with E-state index in [4.69, 9.17) is 0 Å². The molecule has 1 heterocycles. The van der Waals surface area contributed by atoms with E-state index < -0.39 is 9.84 Å². The number of aromatic amines is 1. The molecule has 0 fully saturated rings. The number of aldehydes is 1. The SMILES string of the molecule is Cc1ccc(S(=O)(=O)c2cccc3[nH]c(CCCC=O)nc23)cc1. The van der Waals surface area contributed by atoms with Crippen molar-refractivity contribution in [1.29, 1.82) is 0 Å². The molecule has 1 aromatic heterocycles. The smallest absolute Gasteiger partial charge is 0.208 e. The fourth-order valence-corrected chi connectivity index (χ4v) is 4.01. The third kappa shape index (κ3) is 3.10. The average molecular weight is 342 g/mol. The van der Waals surface area contributed by atoms with Gasteiger partial charge < -0.3 is 9.78 Å². The van der Waals surface area contributed by atoms with Crippen molar-refractivity contribution in [1.82, 2.24) is 9.97 Å². The van der Waals surface area contributed by atoms with Gasteiger partial charge in [-0.3, -0.25) is 0 Å². The number of aromatic nitrogens is 2. The molecule has 124 valence electrons. The molecule has 0 atom stereocenters. The van der Waals surface area contributed by atoms with E-state index in [9.17, 15) is 13.2 Å². The lowest BCUT2D eigenvalue weighted by atomic mass is 10.2. The van der Waals surface area contributed by atoms with Gasteiger partial charge in [0.15, 0.2) is 0 Å². The van der Waals surface area contributed by atoms with Crippen LogP contribution in [0.4, 0.5) is 0 Å². The highest BCUT2D eigenvalue weighted by Gasteiger charge is 2.22. The fourth-order valence-electron chi connectivity index (χ4n) is 2.59. The van der Waals surface area contributed by atoms with E-state index in [0.29, 0.717) is 36.1 Å². The number of imidazole rings is 1. The van der Waals surface area contributed by atoms with Crippen molar-refractivity contribution in [2.24, 2.45) is 0 Å². The van der Waals surface area contributed by atoms with Crippen molar-refractivity contribution in [3.63, 3.8) is 0 Å². The summed E-state index contributed by atoms with van der Waals surface area (Å²) in [5, 5.41) is 0. The number of hydrogen-bond donors (Lipinski definition) is 1. The summed E-state index contributed by atoms with van der Waals surface area (Å²) in [5.74, 6) is 0.693. The molecule has 0 aliphatic rings. The highest BCUT2D eigenvalue weighted by atomic mass is 32.2. The van der Waals surface area contributed by atoms with Gasteiger partial charge in [0, 0.05) is 12.8 Å². The van der Waals surface area contributed by atoms with Gasteiger partial charge in [-0.25, -0.2) is 13.4 Å². The molecule has 0 saturated carbocycles. The van der Waals surface area contributed by atoms with Crippen LogP contribution in [0.2, 0.25) is 0 Å². The van der Waals surface area contributed by atoms with Crippen molar-refractivity contribution in [3.8, 4) is 0 Å². The van der Waals surface area contributed by atoms with Crippen LogP contribution >= 0.6 is 0 Å². The number of H-pyrrole nitrogens is 1. The Morgan fingerprint density at radius 1 is 1.12 bits per heavy atom. The third-order valence-electron chi connectivity index (χ3n) is 3.88. The van der Waals surface area contributed by atoms with Crippen LogP contribution in [-0.4, -0.2) is 24.7 Å². The minimum Gasteiger partial charge on any atom is -0.342 e. The Bertz CT molecular complexity index is 973. The molecule has 0 unspecified atom stereocenters. The van der Waals surface area contributed by atoms with Crippen molar-refractivity contribution < 1.29 is 13.2 Å². The Morgan fingerprint density at radius 2 is 1.88 bits per heavy atom. The lowest BCUT2D eigenvalue weighted by molar-refractivity contribution is -0.107. The summed E-state index contributed by atoms with van der Waals surface area (Å²) in [6.45, 7) is 1.91. The number of carbonyl (C=O) groups is 1. The van der Waals surface area contributed by atoms with Crippen LogP contribution < -0.4 is 0 Å². The van der Waals surface area contributed by atoms with E-state index >= 15 is 0 Å². The summed E-state index contributed by atoms with van der Waals surface area (Å²) in [4.78, 5) is 18.5. The highest BCUT2D eigenvalue weighted by Crippen LogP contribution is 2.27. The number of nitrogens with one attached hydrogen (secondary N) is 1. The number of fused-ring (bicyclic) bond motifs is 1. The number of aryl methyl sites for hydroxylation is 2. The number of unbranched alkanes of at least 4 members (excludes halogenated alkanes) is 1. The summed E-state index contributed by atoms with van der Waals surface area (Å²) in [6, 6.07) is 11.9. The normalized spacial score (nSPS) is 11.7. The minimum atomic E-state index is -3.63.